The lowest BCUT2D eigenvalue weighted by Crippen LogP contribution is -2.24. The minimum atomic E-state index is -5.08. The summed E-state index contributed by atoms with van der Waals surface area (Å²) in [6, 6.07) is 12.8. The molecule has 2 amide bonds. The lowest BCUT2D eigenvalue weighted by molar-refractivity contribution is -0.192. The van der Waals surface area contributed by atoms with Crippen molar-refractivity contribution in [2.45, 2.75) is 12.6 Å². The molecule has 33 heavy (non-hydrogen) atoms. The smallest absolute Gasteiger partial charge is 0.475 e. The second-order valence-corrected chi connectivity index (χ2v) is 7.21. The summed E-state index contributed by atoms with van der Waals surface area (Å²) in [6.07, 6.45) is -2.37. The third-order valence-electron chi connectivity index (χ3n) is 4.87. The first-order valence-electron chi connectivity index (χ1n) is 9.76. The van der Waals surface area contributed by atoms with Gasteiger partial charge in [0.15, 0.2) is 0 Å². The predicted octanol–water partition coefficient (Wildman–Crippen LogP) is 2.31. The van der Waals surface area contributed by atoms with Gasteiger partial charge in [-0.05, 0) is 43.3 Å². The number of benzene rings is 2. The summed E-state index contributed by atoms with van der Waals surface area (Å²) in [5, 5.41) is 18.6. The van der Waals surface area contributed by atoms with Crippen molar-refractivity contribution in [3.63, 3.8) is 0 Å². The van der Waals surface area contributed by atoms with Crippen LogP contribution < -0.4 is 16.4 Å². The molecule has 12 heteroatoms. The van der Waals surface area contributed by atoms with Crippen LogP contribution in [0.5, 0.6) is 0 Å². The van der Waals surface area contributed by atoms with Crippen LogP contribution in [0, 0.1) is 5.92 Å². The molecule has 0 saturated carbocycles. The Bertz CT molecular complexity index is 1170. The predicted molar refractivity (Wildman–Crippen MR) is 113 cm³/mol. The first-order valence-corrected chi connectivity index (χ1v) is 9.76. The van der Waals surface area contributed by atoms with Crippen molar-refractivity contribution in [1.82, 2.24) is 15.1 Å². The van der Waals surface area contributed by atoms with Gasteiger partial charge in [-0.15, -0.1) is 0 Å². The Morgan fingerprint density at radius 2 is 1.82 bits per heavy atom. The van der Waals surface area contributed by atoms with Gasteiger partial charge < -0.3 is 21.5 Å². The van der Waals surface area contributed by atoms with Crippen LogP contribution in [0.4, 0.5) is 18.9 Å². The summed E-state index contributed by atoms with van der Waals surface area (Å²) in [4.78, 5) is 32.6. The van der Waals surface area contributed by atoms with Crippen LogP contribution in [0.25, 0.3) is 16.6 Å². The quantitative estimate of drug-likeness (QED) is 0.468. The summed E-state index contributed by atoms with van der Waals surface area (Å²) in [7, 11) is 0. The Labute approximate surface area is 185 Å². The molecule has 9 nitrogen and oxygen atoms in total. The topological polar surface area (TPSA) is 139 Å². The number of nitrogens with two attached hydrogens (primary N) is 1. The van der Waals surface area contributed by atoms with E-state index in [-0.39, 0.29) is 11.8 Å². The average molecular weight is 463 g/mol. The number of alkyl halides is 3. The van der Waals surface area contributed by atoms with Crippen LogP contribution in [-0.2, 0) is 9.59 Å². The van der Waals surface area contributed by atoms with Crippen LogP contribution in [0.3, 0.4) is 0 Å². The number of anilines is 1. The van der Waals surface area contributed by atoms with Crippen LogP contribution in [0.1, 0.15) is 16.8 Å². The molecule has 2 heterocycles. The third-order valence-corrected chi connectivity index (χ3v) is 4.87. The Balaban J connectivity index is 0.000000383. The fourth-order valence-electron chi connectivity index (χ4n) is 3.20. The van der Waals surface area contributed by atoms with Crippen molar-refractivity contribution in [3.8, 4) is 5.69 Å². The third kappa shape index (κ3) is 5.86. The van der Waals surface area contributed by atoms with Crippen LogP contribution in [0.15, 0.2) is 48.7 Å². The maximum absolute atomic E-state index is 12.2. The number of rotatable bonds is 4. The Kier molecular flexibility index (Phi) is 6.97. The molecule has 1 aliphatic heterocycles. The van der Waals surface area contributed by atoms with E-state index in [4.69, 9.17) is 15.6 Å². The van der Waals surface area contributed by atoms with E-state index in [1.165, 1.54) is 0 Å². The van der Waals surface area contributed by atoms with Gasteiger partial charge in [-0.3, -0.25) is 9.59 Å². The van der Waals surface area contributed by atoms with Gasteiger partial charge in [-0.1, -0.05) is 12.1 Å². The van der Waals surface area contributed by atoms with E-state index in [0.29, 0.717) is 11.1 Å². The zero-order valence-corrected chi connectivity index (χ0v) is 17.1. The van der Waals surface area contributed by atoms with Crippen molar-refractivity contribution in [1.29, 1.82) is 0 Å². The number of fused-ring (bicyclic) bond motifs is 1. The number of carboxylic acid groups (broad SMARTS) is 1. The molecule has 0 aliphatic carbocycles. The molecule has 0 spiro atoms. The summed E-state index contributed by atoms with van der Waals surface area (Å²) in [6.45, 7) is 1.61. The zero-order chi connectivity index (χ0) is 24.2. The highest BCUT2D eigenvalue weighted by atomic mass is 19.4. The number of aromatic nitrogens is 2. The van der Waals surface area contributed by atoms with Gasteiger partial charge >= 0.3 is 12.1 Å². The normalized spacial score (nSPS) is 15.5. The largest absolute Gasteiger partial charge is 0.490 e. The number of nitrogens with one attached hydrogen (secondary N) is 2. The number of aliphatic carboxylic acids is 1. The van der Waals surface area contributed by atoms with E-state index >= 15 is 0 Å². The van der Waals surface area contributed by atoms with Gasteiger partial charge in [0.25, 0.3) is 5.91 Å². The number of primary amides is 1. The van der Waals surface area contributed by atoms with Crippen molar-refractivity contribution >= 4 is 34.4 Å². The van der Waals surface area contributed by atoms with Gasteiger partial charge in [-0.2, -0.15) is 18.3 Å². The van der Waals surface area contributed by atoms with Crippen LogP contribution in [0.2, 0.25) is 0 Å². The highest BCUT2D eigenvalue weighted by Crippen LogP contribution is 2.21. The lowest BCUT2D eigenvalue weighted by atomic mass is 10.1. The van der Waals surface area contributed by atoms with Gasteiger partial charge in [0.2, 0.25) is 5.91 Å². The summed E-state index contributed by atoms with van der Waals surface area (Å²) in [5.74, 6) is -3.19. The van der Waals surface area contributed by atoms with Gasteiger partial charge in [0.1, 0.15) is 5.52 Å². The van der Waals surface area contributed by atoms with E-state index in [0.717, 1.165) is 36.3 Å². The zero-order valence-electron chi connectivity index (χ0n) is 17.1. The van der Waals surface area contributed by atoms with Gasteiger partial charge in [-0.25, -0.2) is 9.48 Å². The number of carbonyl (C=O) groups is 3. The molecular weight excluding hydrogens is 443 g/mol. The molecular formula is C21H20F3N5O4. The van der Waals surface area contributed by atoms with Crippen LogP contribution in [-0.4, -0.2) is 51.9 Å². The van der Waals surface area contributed by atoms with Crippen molar-refractivity contribution < 1.29 is 32.7 Å². The first-order chi connectivity index (χ1) is 15.6. The molecule has 3 aromatic rings. The highest BCUT2D eigenvalue weighted by Gasteiger charge is 2.38. The first kappa shape index (κ1) is 23.7. The summed E-state index contributed by atoms with van der Waals surface area (Å²) < 4.78 is 33.4. The molecule has 1 aromatic heterocycles. The maximum Gasteiger partial charge on any atom is 0.490 e. The minimum Gasteiger partial charge on any atom is -0.475 e. The molecule has 174 valence electrons. The molecule has 0 radical (unpaired) electrons. The van der Waals surface area contributed by atoms with Crippen LogP contribution >= 0.6 is 0 Å². The number of amides is 2. The molecule has 1 unspecified atom stereocenters. The molecule has 4 rings (SSSR count). The number of carboxylic acids is 1. The van der Waals surface area contributed by atoms with E-state index in [9.17, 15) is 22.8 Å². The highest BCUT2D eigenvalue weighted by molar-refractivity contribution is 6.04. The number of hydrogen-bond acceptors (Lipinski definition) is 5. The van der Waals surface area contributed by atoms with Crippen molar-refractivity contribution in [2.75, 3.05) is 18.4 Å². The Morgan fingerprint density at radius 1 is 1.15 bits per heavy atom. The summed E-state index contributed by atoms with van der Waals surface area (Å²) in [5.41, 5.74) is 7.97. The van der Waals surface area contributed by atoms with E-state index in [1.54, 1.807) is 16.8 Å². The molecule has 5 N–H and O–H groups in total. The fraction of sp³-hybridized carbons (Fsp3) is 0.238. The average Bonchev–Trinajstić information content (AvgIpc) is 3.43. The number of hydrogen-bond donors (Lipinski definition) is 4. The summed E-state index contributed by atoms with van der Waals surface area (Å²) >= 11 is 0. The van der Waals surface area contributed by atoms with E-state index < -0.39 is 18.1 Å². The number of nitrogens with zero attached hydrogens (tertiary/aromatic N) is 2. The molecule has 1 atom stereocenters. The van der Waals surface area contributed by atoms with Crippen molar-refractivity contribution in [3.05, 3.63) is 54.2 Å². The SMILES string of the molecule is NC(=O)c1cccc2cn(-c3ccc(NC(=O)C4CCNC4)cc3)nc12.O=C(O)C(F)(F)F. The van der Waals surface area contributed by atoms with E-state index in [2.05, 4.69) is 15.7 Å². The molecule has 1 saturated heterocycles. The number of halogens is 3. The van der Waals surface area contributed by atoms with E-state index in [1.807, 2.05) is 36.5 Å². The monoisotopic (exact) mass is 463 g/mol. The molecule has 2 aromatic carbocycles. The van der Waals surface area contributed by atoms with Gasteiger partial charge in [0, 0.05) is 23.8 Å². The standard InChI is InChI=1S/C19H19N5O2.C2HF3O2/c20-18(25)16-3-1-2-13-11-24(23-17(13)16)15-6-4-14(5-7-15)22-19(26)12-8-9-21-10-12;3-2(4,5)1(6)7/h1-7,11-12,21H,8-10H2,(H2,20,25)(H,22,26);(H,6,7). The Morgan fingerprint density at radius 3 is 2.36 bits per heavy atom. The fourth-order valence-corrected chi connectivity index (χ4v) is 3.20. The molecule has 0 bridgehead atoms. The second kappa shape index (κ2) is 9.69. The second-order valence-electron chi connectivity index (χ2n) is 7.21. The maximum atomic E-state index is 12.2. The molecule has 1 aliphatic rings. The van der Waals surface area contributed by atoms with Crippen molar-refractivity contribution in [2.24, 2.45) is 11.7 Å². The van der Waals surface area contributed by atoms with Gasteiger partial charge in [0.05, 0.1) is 17.2 Å². The Hall–Kier alpha value is -3.93. The number of carbonyl (C=O) groups excluding carboxylic acids is 2. The molecule has 1 fully saturated rings. The lowest BCUT2D eigenvalue weighted by Gasteiger charge is -2.10. The minimum absolute atomic E-state index is 0.0262.